The molecule has 3 rings (SSSR count). The van der Waals surface area contributed by atoms with Gasteiger partial charge < -0.3 is 15.8 Å². The summed E-state index contributed by atoms with van der Waals surface area (Å²) in [4.78, 5) is 21.1. The quantitative estimate of drug-likeness (QED) is 0.522. The van der Waals surface area contributed by atoms with Gasteiger partial charge in [0.2, 0.25) is 0 Å². The van der Waals surface area contributed by atoms with Crippen molar-refractivity contribution in [1.82, 2.24) is 10.3 Å². The van der Waals surface area contributed by atoms with Crippen LogP contribution in [0.15, 0.2) is 65.8 Å². The molecule has 0 aliphatic carbocycles. The number of nitrogens with two attached hydrogens (primary N) is 1. The Morgan fingerprint density at radius 2 is 2.07 bits per heavy atom. The highest BCUT2D eigenvalue weighted by Gasteiger charge is 2.14. The van der Waals surface area contributed by atoms with Crippen LogP contribution in [0.1, 0.15) is 15.9 Å². The van der Waals surface area contributed by atoms with E-state index in [4.69, 9.17) is 22.1 Å². The van der Waals surface area contributed by atoms with Gasteiger partial charge >= 0.3 is 0 Å². The van der Waals surface area contributed by atoms with Gasteiger partial charge in [-0.2, -0.15) is 0 Å². The average Bonchev–Trinajstić information content (AvgIpc) is 2.72. The van der Waals surface area contributed by atoms with Crippen molar-refractivity contribution < 1.29 is 9.53 Å². The summed E-state index contributed by atoms with van der Waals surface area (Å²) < 4.78 is 5.20. The SMILES string of the molecule is CN=C(C=C(N)c1cccc(OC)c1)NC(=O)c1cc2ncccc2cc1Cl. The fourth-order valence-electron chi connectivity index (χ4n) is 2.64. The van der Waals surface area contributed by atoms with Crippen molar-refractivity contribution in [2.24, 2.45) is 10.7 Å². The molecule has 0 unspecified atom stereocenters. The number of ether oxygens (including phenoxy) is 1. The van der Waals surface area contributed by atoms with E-state index >= 15 is 0 Å². The van der Waals surface area contributed by atoms with E-state index in [0.717, 1.165) is 10.9 Å². The van der Waals surface area contributed by atoms with Crippen molar-refractivity contribution >= 4 is 39.9 Å². The summed E-state index contributed by atoms with van der Waals surface area (Å²) in [6.07, 6.45) is 3.24. The second-order valence-corrected chi connectivity index (χ2v) is 6.33. The summed E-state index contributed by atoms with van der Waals surface area (Å²) in [7, 11) is 3.15. The number of nitrogens with one attached hydrogen (secondary N) is 1. The number of nitrogens with zero attached hydrogens (tertiary/aromatic N) is 2. The minimum Gasteiger partial charge on any atom is -0.497 e. The van der Waals surface area contributed by atoms with E-state index in [1.165, 1.54) is 0 Å². The van der Waals surface area contributed by atoms with E-state index in [-0.39, 0.29) is 0 Å². The lowest BCUT2D eigenvalue weighted by atomic mass is 10.1. The number of benzene rings is 2. The van der Waals surface area contributed by atoms with Gasteiger partial charge in [0.05, 0.1) is 23.2 Å². The van der Waals surface area contributed by atoms with Crippen LogP contribution in [0, 0.1) is 0 Å². The lowest BCUT2D eigenvalue weighted by molar-refractivity contribution is 0.0977. The Labute approximate surface area is 167 Å². The maximum Gasteiger partial charge on any atom is 0.258 e. The van der Waals surface area contributed by atoms with Crippen molar-refractivity contribution in [2.45, 2.75) is 0 Å². The third-order valence-electron chi connectivity index (χ3n) is 4.11. The molecule has 0 radical (unpaired) electrons. The second-order valence-electron chi connectivity index (χ2n) is 5.92. The number of aromatic nitrogens is 1. The molecule has 142 valence electrons. The third-order valence-corrected chi connectivity index (χ3v) is 4.43. The first-order chi connectivity index (χ1) is 13.5. The molecule has 0 bridgehead atoms. The molecule has 0 fully saturated rings. The van der Waals surface area contributed by atoms with Gasteiger partial charge in [-0.15, -0.1) is 0 Å². The Morgan fingerprint density at radius 3 is 2.82 bits per heavy atom. The van der Waals surface area contributed by atoms with Crippen LogP contribution >= 0.6 is 11.6 Å². The Hall–Kier alpha value is -3.38. The van der Waals surface area contributed by atoms with Crippen LogP contribution in [0.2, 0.25) is 5.02 Å². The summed E-state index contributed by atoms with van der Waals surface area (Å²) >= 11 is 6.28. The summed E-state index contributed by atoms with van der Waals surface area (Å²) in [5.74, 6) is 0.596. The zero-order valence-corrected chi connectivity index (χ0v) is 16.2. The van der Waals surface area contributed by atoms with Crippen LogP contribution in [-0.4, -0.2) is 30.9 Å². The zero-order valence-electron chi connectivity index (χ0n) is 15.4. The molecule has 1 heterocycles. The van der Waals surface area contributed by atoms with Crippen molar-refractivity contribution in [3.05, 3.63) is 77.0 Å². The van der Waals surface area contributed by atoms with Crippen LogP contribution in [-0.2, 0) is 0 Å². The van der Waals surface area contributed by atoms with E-state index in [1.54, 1.807) is 44.6 Å². The molecule has 0 atom stereocenters. The van der Waals surface area contributed by atoms with E-state index < -0.39 is 5.91 Å². The number of methoxy groups -OCH3 is 1. The summed E-state index contributed by atoms with van der Waals surface area (Å²) in [5.41, 5.74) is 8.33. The predicted molar refractivity (Wildman–Crippen MR) is 113 cm³/mol. The maximum atomic E-state index is 12.7. The molecule has 0 spiro atoms. The average molecular weight is 395 g/mol. The number of amidine groups is 1. The molecule has 3 aromatic rings. The largest absolute Gasteiger partial charge is 0.497 e. The second kappa shape index (κ2) is 8.54. The topological polar surface area (TPSA) is 89.6 Å². The Kier molecular flexibility index (Phi) is 5.91. The molecule has 1 aromatic heterocycles. The minimum absolute atomic E-state index is 0.308. The summed E-state index contributed by atoms with van der Waals surface area (Å²) in [6.45, 7) is 0. The molecule has 2 aromatic carbocycles. The van der Waals surface area contributed by atoms with Crippen molar-refractivity contribution in [3.63, 3.8) is 0 Å². The third kappa shape index (κ3) is 4.29. The maximum absolute atomic E-state index is 12.7. The van der Waals surface area contributed by atoms with Gasteiger partial charge in [0, 0.05) is 36.0 Å². The molecule has 28 heavy (non-hydrogen) atoms. The van der Waals surface area contributed by atoms with E-state index in [1.807, 2.05) is 30.3 Å². The number of fused-ring (bicyclic) bond motifs is 1. The summed E-state index contributed by atoms with van der Waals surface area (Å²) in [5, 5.41) is 3.92. The standard InChI is InChI=1S/C21H19ClN4O2/c1-24-20(12-18(23)13-5-3-7-15(9-13)28-2)26-21(27)16-11-19-14(10-17(16)22)6-4-8-25-19/h3-12H,23H2,1-2H3,(H,24,26,27). The molecule has 3 N–H and O–H groups in total. The predicted octanol–water partition coefficient (Wildman–Crippen LogP) is 3.65. The molecule has 1 amide bonds. The highest BCUT2D eigenvalue weighted by molar-refractivity contribution is 6.35. The molecule has 0 saturated carbocycles. The van der Waals surface area contributed by atoms with Gasteiger partial charge in [0.25, 0.3) is 5.91 Å². The van der Waals surface area contributed by atoms with E-state index in [2.05, 4.69) is 15.3 Å². The fraction of sp³-hybridized carbons (Fsp3) is 0.0952. The van der Waals surface area contributed by atoms with Crippen molar-refractivity contribution in [2.75, 3.05) is 14.2 Å². The van der Waals surface area contributed by atoms with E-state index in [9.17, 15) is 4.79 Å². The van der Waals surface area contributed by atoms with Crippen LogP contribution < -0.4 is 15.8 Å². The molecular weight excluding hydrogens is 376 g/mol. The van der Waals surface area contributed by atoms with Gasteiger partial charge in [0.1, 0.15) is 11.6 Å². The number of hydrogen-bond acceptors (Lipinski definition) is 5. The Morgan fingerprint density at radius 1 is 1.25 bits per heavy atom. The number of amides is 1. The van der Waals surface area contributed by atoms with Gasteiger partial charge in [-0.1, -0.05) is 29.8 Å². The number of aliphatic imine (C=N–C) groups is 1. The smallest absolute Gasteiger partial charge is 0.258 e. The van der Waals surface area contributed by atoms with Gasteiger partial charge in [-0.05, 0) is 30.3 Å². The monoisotopic (exact) mass is 394 g/mol. The number of halogens is 1. The normalized spacial score (nSPS) is 12.1. The molecule has 0 aliphatic heterocycles. The van der Waals surface area contributed by atoms with Crippen molar-refractivity contribution in [3.8, 4) is 5.75 Å². The van der Waals surface area contributed by atoms with E-state index in [0.29, 0.717) is 33.4 Å². The lowest BCUT2D eigenvalue weighted by Gasteiger charge is -2.09. The number of carbonyl (C=O) groups is 1. The van der Waals surface area contributed by atoms with Crippen LogP contribution in [0.25, 0.3) is 16.6 Å². The Bertz CT molecular complexity index is 1090. The van der Waals surface area contributed by atoms with Gasteiger partial charge in [-0.25, -0.2) is 0 Å². The van der Waals surface area contributed by atoms with Crippen LogP contribution in [0.5, 0.6) is 5.75 Å². The first kappa shape index (κ1) is 19.4. The first-order valence-electron chi connectivity index (χ1n) is 8.46. The van der Waals surface area contributed by atoms with Gasteiger partial charge in [-0.3, -0.25) is 14.8 Å². The van der Waals surface area contributed by atoms with Gasteiger partial charge in [0.15, 0.2) is 0 Å². The summed E-state index contributed by atoms with van der Waals surface area (Å²) in [6, 6.07) is 14.3. The molecule has 0 aliphatic rings. The molecule has 0 saturated heterocycles. The fourth-order valence-corrected chi connectivity index (χ4v) is 2.90. The Balaban J connectivity index is 1.84. The highest BCUT2D eigenvalue weighted by Crippen LogP contribution is 2.23. The zero-order chi connectivity index (χ0) is 20.1. The number of rotatable bonds is 4. The minimum atomic E-state index is -0.396. The van der Waals surface area contributed by atoms with Crippen LogP contribution in [0.4, 0.5) is 0 Å². The molecule has 7 heteroatoms. The number of carbonyl (C=O) groups excluding carboxylic acids is 1. The first-order valence-corrected chi connectivity index (χ1v) is 8.83. The lowest BCUT2D eigenvalue weighted by Crippen LogP contribution is -2.30. The van der Waals surface area contributed by atoms with Crippen LogP contribution in [0.3, 0.4) is 0 Å². The number of hydrogen-bond donors (Lipinski definition) is 2. The number of pyridine rings is 1. The molecule has 6 nitrogen and oxygen atoms in total. The van der Waals surface area contributed by atoms with Crippen molar-refractivity contribution in [1.29, 1.82) is 0 Å². The highest BCUT2D eigenvalue weighted by atomic mass is 35.5. The molecular formula is C21H19ClN4O2.